The third-order valence-corrected chi connectivity index (χ3v) is 1.90. The van der Waals surface area contributed by atoms with Crippen molar-refractivity contribution in [2.24, 2.45) is 0 Å². The highest BCUT2D eigenvalue weighted by molar-refractivity contribution is 5.45. The minimum Gasteiger partial charge on any atom is -0.384 e. The Bertz CT molecular complexity index is 299. The molecule has 0 radical (unpaired) electrons. The number of benzene rings is 1. The quantitative estimate of drug-likeness (QED) is 0.712. The van der Waals surface area contributed by atoms with Crippen molar-refractivity contribution in [1.82, 2.24) is 0 Å². The van der Waals surface area contributed by atoms with Crippen molar-refractivity contribution >= 4 is 5.69 Å². The normalized spacial score (nSPS) is 9.23. The van der Waals surface area contributed by atoms with E-state index in [2.05, 4.69) is 30.4 Å². The van der Waals surface area contributed by atoms with Crippen LogP contribution in [0.25, 0.3) is 0 Å². The Balaban J connectivity index is 2.52. The Morgan fingerprint density at radius 1 is 1.46 bits per heavy atom. The van der Waals surface area contributed by atoms with E-state index in [-0.39, 0.29) is 0 Å². The van der Waals surface area contributed by atoms with Crippen LogP contribution in [0.5, 0.6) is 0 Å². The van der Waals surface area contributed by atoms with Gasteiger partial charge in [-0.15, -0.1) is 0 Å². The maximum absolute atomic E-state index is 8.36. The summed E-state index contributed by atoms with van der Waals surface area (Å²) in [6, 6.07) is 10.4. The molecule has 0 bridgehead atoms. The van der Waals surface area contributed by atoms with Crippen LogP contribution in [0.15, 0.2) is 24.3 Å². The van der Waals surface area contributed by atoms with Crippen LogP contribution in [0.2, 0.25) is 0 Å². The average Bonchev–Trinajstić information content (AvgIpc) is 2.19. The molecule has 1 N–H and O–H groups in total. The van der Waals surface area contributed by atoms with Crippen molar-refractivity contribution in [2.75, 3.05) is 11.9 Å². The zero-order valence-electron chi connectivity index (χ0n) is 7.88. The van der Waals surface area contributed by atoms with Gasteiger partial charge >= 0.3 is 0 Å². The predicted octanol–water partition coefficient (Wildman–Crippen LogP) is 2.57. The van der Waals surface area contributed by atoms with Gasteiger partial charge in [-0.25, -0.2) is 0 Å². The molecule has 0 fully saturated rings. The molecule has 0 saturated carbocycles. The van der Waals surface area contributed by atoms with E-state index in [1.165, 1.54) is 5.56 Å². The van der Waals surface area contributed by atoms with Crippen molar-refractivity contribution < 1.29 is 0 Å². The van der Waals surface area contributed by atoms with Gasteiger partial charge in [0.05, 0.1) is 12.5 Å². The summed E-state index contributed by atoms with van der Waals surface area (Å²) in [5.41, 5.74) is 2.43. The molecular formula is C11H14N2. The van der Waals surface area contributed by atoms with Gasteiger partial charge in [0.1, 0.15) is 0 Å². The molecule has 68 valence electrons. The van der Waals surface area contributed by atoms with Crippen LogP contribution >= 0.6 is 0 Å². The molecule has 0 spiro atoms. The van der Waals surface area contributed by atoms with Crippen molar-refractivity contribution in [2.45, 2.75) is 19.8 Å². The Kier molecular flexibility index (Phi) is 3.84. The standard InChI is InChI=1S/C11H14N2/c1-2-10-5-3-6-11(9-10)13-8-4-7-12/h3,5-6,9,13H,2,4,8H2,1H3. The Hall–Kier alpha value is -1.49. The smallest absolute Gasteiger partial charge is 0.0640 e. The molecule has 0 aromatic heterocycles. The molecule has 0 heterocycles. The minimum atomic E-state index is 0.552. The van der Waals surface area contributed by atoms with Gasteiger partial charge in [-0.3, -0.25) is 0 Å². The van der Waals surface area contributed by atoms with Gasteiger partial charge in [-0.1, -0.05) is 19.1 Å². The molecule has 13 heavy (non-hydrogen) atoms. The predicted molar refractivity (Wildman–Crippen MR) is 54.5 cm³/mol. The highest BCUT2D eigenvalue weighted by Gasteiger charge is 1.92. The third-order valence-electron chi connectivity index (χ3n) is 1.90. The van der Waals surface area contributed by atoms with Crippen LogP contribution in [-0.4, -0.2) is 6.54 Å². The molecule has 0 aliphatic rings. The SMILES string of the molecule is CCc1cccc(NCCC#N)c1. The zero-order chi connectivity index (χ0) is 9.52. The van der Waals surface area contributed by atoms with Crippen molar-refractivity contribution in [1.29, 1.82) is 5.26 Å². The molecule has 0 unspecified atom stereocenters. The number of anilines is 1. The van der Waals surface area contributed by atoms with Gasteiger partial charge in [0.2, 0.25) is 0 Å². The fourth-order valence-electron chi connectivity index (χ4n) is 1.16. The Labute approximate surface area is 79.2 Å². The Morgan fingerprint density at radius 2 is 2.31 bits per heavy atom. The lowest BCUT2D eigenvalue weighted by Gasteiger charge is -2.04. The van der Waals surface area contributed by atoms with E-state index >= 15 is 0 Å². The highest BCUT2D eigenvalue weighted by atomic mass is 14.9. The van der Waals surface area contributed by atoms with Gasteiger partial charge < -0.3 is 5.32 Å². The summed E-state index contributed by atoms with van der Waals surface area (Å²) in [5, 5.41) is 11.6. The van der Waals surface area contributed by atoms with Crippen molar-refractivity contribution in [3.8, 4) is 6.07 Å². The van der Waals surface area contributed by atoms with Gasteiger partial charge in [0.25, 0.3) is 0 Å². The van der Waals surface area contributed by atoms with E-state index < -0.39 is 0 Å². The van der Waals surface area contributed by atoms with Crippen LogP contribution < -0.4 is 5.32 Å². The molecule has 1 aromatic rings. The first-order valence-electron chi connectivity index (χ1n) is 4.56. The monoisotopic (exact) mass is 174 g/mol. The first-order chi connectivity index (χ1) is 6.36. The number of nitrogens with zero attached hydrogens (tertiary/aromatic N) is 1. The second-order valence-corrected chi connectivity index (χ2v) is 2.89. The molecule has 0 atom stereocenters. The highest BCUT2D eigenvalue weighted by Crippen LogP contribution is 2.10. The molecular weight excluding hydrogens is 160 g/mol. The summed E-state index contributed by atoms with van der Waals surface area (Å²) < 4.78 is 0. The number of nitriles is 1. The Morgan fingerprint density at radius 3 is 3.00 bits per heavy atom. The summed E-state index contributed by atoms with van der Waals surface area (Å²) in [5.74, 6) is 0. The van der Waals surface area contributed by atoms with Crippen molar-refractivity contribution in [3.05, 3.63) is 29.8 Å². The summed E-state index contributed by atoms with van der Waals surface area (Å²) in [7, 11) is 0. The first kappa shape index (κ1) is 9.60. The largest absolute Gasteiger partial charge is 0.384 e. The average molecular weight is 174 g/mol. The second kappa shape index (κ2) is 5.21. The van der Waals surface area contributed by atoms with E-state index in [1.807, 2.05) is 12.1 Å². The minimum absolute atomic E-state index is 0.552. The van der Waals surface area contributed by atoms with E-state index in [1.54, 1.807) is 0 Å². The molecule has 0 aliphatic carbocycles. The topological polar surface area (TPSA) is 35.8 Å². The molecule has 1 aromatic carbocycles. The van der Waals surface area contributed by atoms with Crippen LogP contribution in [0.4, 0.5) is 5.69 Å². The number of aryl methyl sites for hydroxylation is 1. The van der Waals surface area contributed by atoms with Gasteiger partial charge in [0.15, 0.2) is 0 Å². The summed E-state index contributed by atoms with van der Waals surface area (Å²) in [6.07, 6.45) is 1.60. The summed E-state index contributed by atoms with van der Waals surface area (Å²) in [6.45, 7) is 2.86. The summed E-state index contributed by atoms with van der Waals surface area (Å²) >= 11 is 0. The van der Waals surface area contributed by atoms with Gasteiger partial charge in [-0.2, -0.15) is 5.26 Å². The summed E-state index contributed by atoms with van der Waals surface area (Å²) in [4.78, 5) is 0. The van der Waals surface area contributed by atoms with Crippen LogP contribution in [0.1, 0.15) is 18.9 Å². The van der Waals surface area contributed by atoms with Crippen molar-refractivity contribution in [3.63, 3.8) is 0 Å². The lowest BCUT2D eigenvalue weighted by atomic mass is 10.1. The lowest BCUT2D eigenvalue weighted by Crippen LogP contribution is -2.00. The number of rotatable bonds is 4. The molecule has 0 aliphatic heterocycles. The van der Waals surface area contributed by atoms with Crippen LogP contribution in [0.3, 0.4) is 0 Å². The fourth-order valence-corrected chi connectivity index (χ4v) is 1.16. The van der Waals surface area contributed by atoms with Crippen LogP contribution in [-0.2, 0) is 6.42 Å². The number of nitrogens with one attached hydrogen (secondary N) is 1. The van der Waals surface area contributed by atoms with E-state index in [9.17, 15) is 0 Å². The zero-order valence-corrected chi connectivity index (χ0v) is 7.88. The van der Waals surface area contributed by atoms with E-state index in [0.29, 0.717) is 6.42 Å². The molecule has 0 saturated heterocycles. The van der Waals surface area contributed by atoms with Gasteiger partial charge in [-0.05, 0) is 24.1 Å². The van der Waals surface area contributed by atoms with E-state index in [4.69, 9.17) is 5.26 Å². The molecule has 2 nitrogen and oxygen atoms in total. The second-order valence-electron chi connectivity index (χ2n) is 2.89. The first-order valence-corrected chi connectivity index (χ1v) is 4.56. The van der Waals surface area contributed by atoms with E-state index in [0.717, 1.165) is 18.7 Å². The fraction of sp³-hybridized carbons (Fsp3) is 0.364. The molecule has 0 amide bonds. The van der Waals surface area contributed by atoms with Gasteiger partial charge in [0, 0.05) is 12.2 Å². The number of hydrogen-bond donors (Lipinski definition) is 1. The maximum atomic E-state index is 8.36. The molecule has 2 heteroatoms. The molecule has 1 rings (SSSR count). The van der Waals surface area contributed by atoms with Crippen LogP contribution in [0, 0.1) is 11.3 Å². The lowest BCUT2D eigenvalue weighted by molar-refractivity contribution is 1.07. The third kappa shape index (κ3) is 3.16. The number of hydrogen-bond acceptors (Lipinski definition) is 2. The maximum Gasteiger partial charge on any atom is 0.0640 e.